The number of carbonyl (C=O) groups excluding carboxylic acids is 2. The molecule has 2 aromatic rings. The second-order valence-electron chi connectivity index (χ2n) is 7.42. The number of nitrogens with one attached hydrogen (secondary N) is 1. The maximum Gasteiger partial charge on any atom is 0.354 e. The fraction of sp³-hybridized carbons (Fsp3) is 0.474. The molecule has 1 aromatic heterocycles. The van der Waals surface area contributed by atoms with Gasteiger partial charge in [0.05, 0.1) is 13.5 Å². The van der Waals surface area contributed by atoms with Crippen LogP contribution < -0.4 is 0 Å². The fourth-order valence-electron chi connectivity index (χ4n) is 3.54. The minimum absolute atomic E-state index is 0.0913. The summed E-state index contributed by atoms with van der Waals surface area (Å²) in [5.74, 6) is -0.796. The van der Waals surface area contributed by atoms with Crippen molar-refractivity contribution in [2.45, 2.75) is 51.6 Å². The first-order chi connectivity index (χ1) is 11.7. The Morgan fingerprint density at radius 2 is 2.04 bits per heavy atom. The molecule has 25 heavy (non-hydrogen) atoms. The van der Waals surface area contributed by atoms with E-state index in [0.29, 0.717) is 10.7 Å². The number of carbonyl (C=O) groups is 2. The summed E-state index contributed by atoms with van der Waals surface area (Å²) in [5.41, 5.74) is 2.59. The SMILES string of the molecule is COC(=O)c1[nH]c2cc(Cl)cc3c2c1C(CC(=O)OC(C)(C)C)CC3. The highest BCUT2D eigenvalue weighted by Crippen LogP contribution is 2.42. The summed E-state index contributed by atoms with van der Waals surface area (Å²) in [7, 11) is 1.35. The maximum atomic E-state index is 12.3. The Morgan fingerprint density at radius 3 is 2.68 bits per heavy atom. The van der Waals surface area contributed by atoms with Crippen LogP contribution in [0.4, 0.5) is 0 Å². The second kappa shape index (κ2) is 6.37. The van der Waals surface area contributed by atoms with Crippen molar-refractivity contribution in [2.24, 2.45) is 0 Å². The van der Waals surface area contributed by atoms with Gasteiger partial charge in [0.15, 0.2) is 0 Å². The van der Waals surface area contributed by atoms with Gasteiger partial charge in [-0.2, -0.15) is 0 Å². The number of halogens is 1. The highest BCUT2D eigenvalue weighted by atomic mass is 35.5. The van der Waals surface area contributed by atoms with Crippen molar-refractivity contribution in [2.75, 3.05) is 7.11 Å². The smallest absolute Gasteiger partial charge is 0.354 e. The van der Waals surface area contributed by atoms with Gasteiger partial charge in [0.25, 0.3) is 0 Å². The topological polar surface area (TPSA) is 68.4 Å². The highest BCUT2D eigenvalue weighted by Gasteiger charge is 2.32. The summed E-state index contributed by atoms with van der Waals surface area (Å²) in [4.78, 5) is 27.7. The molecule has 1 unspecified atom stereocenters. The summed E-state index contributed by atoms with van der Waals surface area (Å²) in [5, 5.41) is 1.60. The van der Waals surface area contributed by atoms with Crippen LogP contribution in [0.5, 0.6) is 0 Å². The Bertz CT molecular complexity index is 847. The Kier molecular flexibility index (Phi) is 4.54. The van der Waals surface area contributed by atoms with E-state index in [0.717, 1.165) is 34.9 Å². The molecule has 1 aliphatic rings. The van der Waals surface area contributed by atoms with E-state index in [1.165, 1.54) is 7.11 Å². The van der Waals surface area contributed by atoms with Crippen molar-refractivity contribution >= 4 is 34.4 Å². The van der Waals surface area contributed by atoms with Crippen molar-refractivity contribution in [1.82, 2.24) is 4.98 Å². The van der Waals surface area contributed by atoms with Gasteiger partial charge in [0, 0.05) is 15.9 Å². The van der Waals surface area contributed by atoms with Crippen LogP contribution >= 0.6 is 11.6 Å². The number of esters is 2. The molecule has 6 heteroatoms. The quantitative estimate of drug-likeness (QED) is 0.822. The Hall–Kier alpha value is -2.01. The van der Waals surface area contributed by atoms with Gasteiger partial charge in [-0.25, -0.2) is 4.79 Å². The number of hydrogen-bond donors (Lipinski definition) is 1. The first-order valence-electron chi connectivity index (χ1n) is 8.33. The molecule has 0 saturated heterocycles. The second-order valence-corrected chi connectivity index (χ2v) is 7.86. The molecule has 0 radical (unpaired) electrons. The Morgan fingerprint density at radius 1 is 1.32 bits per heavy atom. The number of rotatable bonds is 3. The van der Waals surface area contributed by atoms with Crippen LogP contribution in [0.25, 0.3) is 10.9 Å². The predicted octanol–water partition coefficient (Wildman–Crippen LogP) is 4.37. The number of aryl methyl sites for hydroxylation is 1. The molecular formula is C19H22ClNO4. The number of ether oxygens (including phenoxy) is 2. The lowest BCUT2D eigenvalue weighted by molar-refractivity contribution is -0.155. The van der Waals surface area contributed by atoms with Gasteiger partial charge in [-0.15, -0.1) is 0 Å². The molecule has 0 bridgehead atoms. The Balaban J connectivity index is 2.05. The molecule has 0 fully saturated rings. The largest absolute Gasteiger partial charge is 0.464 e. The van der Waals surface area contributed by atoms with Crippen molar-refractivity contribution in [1.29, 1.82) is 0 Å². The third-order valence-corrected chi connectivity index (χ3v) is 4.59. The number of hydrogen-bond acceptors (Lipinski definition) is 4. The normalized spacial score (nSPS) is 16.8. The molecule has 1 heterocycles. The van der Waals surface area contributed by atoms with Crippen LogP contribution in [0.3, 0.4) is 0 Å². The van der Waals surface area contributed by atoms with E-state index >= 15 is 0 Å². The average molecular weight is 364 g/mol. The van der Waals surface area contributed by atoms with Gasteiger partial charge in [-0.3, -0.25) is 4.79 Å². The first kappa shape index (κ1) is 17.8. The van der Waals surface area contributed by atoms with Crippen LogP contribution in [0, 0.1) is 0 Å². The maximum absolute atomic E-state index is 12.3. The third kappa shape index (κ3) is 3.52. The fourth-order valence-corrected chi connectivity index (χ4v) is 3.78. The molecule has 1 atom stereocenters. The van der Waals surface area contributed by atoms with Gasteiger partial charge in [-0.1, -0.05) is 11.6 Å². The Labute approximate surface area is 151 Å². The van der Waals surface area contributed by atoms with Crippen molar-refractivity contribution in [3.8, 4) is 0 Å². The summed E-state index contributed by atoms with van der Waals surface area (Å²) < 4.78 is 10.4. The minimum Gasteiger partial charge on any atom is -0.464 e. The highest BCUT2D eigenvalue weighted by molar-refractivity contribution is 6.31. The molecule has 0 aliphatic heterocycles. The zero-order chi connectivity index (χ0) is 18.4. The molecule has 1 aliphatic carbocycles. The van der Waals surface area contributed by atoms with Crippen LogP contribution in [-0.2, 0) is 20.7 Å². The number of methoxy groups -OCH3 is 1. The molecule has 5 nitrogen and oxygen atoms in total. The molecule has 0 spiro atoms. The number of H-pyrrole nitrogens is 1. The monoisotopic (exact) mass is 363 g/mol. The third-order valence-electron chi connectivity index (χ3n) is 4.38. The van der Waals surface area contributed by atoms with Gasteiger partial charge in [0.1, 0.15) is 11.3 Å². The van der Waals surface area contributed by atoms with E-state index in [2.05, 4.69) is 4.98 Å². The lowest BCUT2D eigenvalue weighted by Crippen LogP contribution is -2.25. The van der Waals surface area contributed by atoms with Gasteiger partial charge in [-0.05, 0) is 62.8 Å². The summed E-state index contributed by atoms with van der Waals surface area (Å²) >= 11 is 6.18. The predicted molar refractivity (Wildman–Crippen MR) is 96.2 cm³/mol. The molecular weight excluding hydrogens is 342 g/mol. The standard InChI is InChI=1S/C19H22ClNO4/c1-19(2,3)25-14(22)8-11-6-5-10-7-12(20)9-13-15(10)16(11)17(21-13)18(23)24-4/h7,9,11,21H,5-6,8H2,1-4H3. The lowest BCUT2D eigenvalue weighted by atomic mass is 9.81. The van der Waals surface area contributed by atoms with Crippen molar-refractivity contribution in [3.05, 3.63) is 34.0 Å². The van der Waals surface area contributed by atoms with Crippen LogP contribution in [-0.4, -0.2) is 29.6 Å². The van der Waals surface area contributed by atoms with Crippen molar-refractivity contribution < 1.29 is 19.1 Å². The molecule has 0 saturated carbocycles. The van der Waals surface area contributed by atoms with Gasteiger partial charge < -0.3 is 14.5 Å². The minimum atomic E-state index is -0.532. The molecule has 1 N–H and O–H groups in total. The summed E-state index contributed by atoms with van der Waals surface area (Å²) in [6, 6.07) is 3.72. The van der Waals surface area contributed by atoms with E-state index in [9.17, 15) is 9.59 Å². The summed E-state index contributed by atoms with van der Waals surface area (Å²) in [6.45, 7) is 5.53. The zero-order valence-electron chi connectivity index (χ0n) is 14.9. The van der Waals surface area contributed by atoms with Crippen LogP contribution in [0.15, 0.2) is 12.1 Å². The van der Waals surface area contributed by atoms with Gasteiger partial charge >= 0.3 is 11.9 Å². The number of aromatic amines is 1. The van der Waals surface area contributed by atoms with Crippen LogP contribution in [0.2, 0.25) is 5.02 Å². The zero-order valence-corrected chi connectivity index (χ0v) is 15.6. The van der Waals surface area contributed by atoms with Crippen molar-refractivity contribution in [3.63, 3.8) is 0 Å². The number of benzene rings is 1. The number of aromatic nitrogens is 1. The first-order valence-corrected chi connectivity index (χ1v) is 8.71. The van der Waals surface area contributed by atoms with E-state index in [1.807, 2.05) is 26.8 Å². The van der Waals surface area contributed by atoms with E-state index in [-0.39, 0.29) is 18.3 Å². The molecule has 0 amide bonds. The van der Waals surface area contributed by atoms with Crippen LogP contribution in [0.1, 0.15) is 61.1 Å². The average Bonchev–Trinajstić information content (AvgIpc) is 2.87. The molecule has 134 valence electrons. The van der Waals surface area contributed by atoms with E-state index in [4.69, 9.17) is 21.1 Å². The summed E-state index contributed by atoms with van der Waals surface area (Å²) in [6.07, 6.45) is 1.79. The lowest BCUT2D eigenvalue weighted by Gasteiger charge is -2.25. The van der Waals surface area contributed by atoms with E-state index < -0.39 is 11.6 Å². The molecule has 3 rings (SSSR count). The molecule has 1 aromatic carbocycles. The van der Waals surface area contributed by atoms with E-state index in [1.54, 1.807) is 6.07 Å². The van der Waals surface area contributed by atoms with Gasteiger partial charge in [0.2, 0.25) is 0 Å².